The third kappa shape index (κ3) is 6.43. The van der Waals surface area contributed by atoms with Crippen LogP contribution in [-0.2, 0) is 4.79 Å². The number of anilines is 1. The van der Waals surface area contributed by atoms with E-state index < -0.39 is 23.4 Å². The molecule has 150 valence electrons. The van der Waals surface area contributed by atoms with Gasteiger partial charge in [0.25, 0.3) is 11.8 Å². The predicted octanol–water partition coefficient (Wildman–Crippen LogP) is 2.48. The second-order valence-corrected chi connectivity index (χ2v) is 5.96. The monoisotopic (exact) mass is 399 g/mol. The zero-order valence-corrected chi connectivity index (χ0v) is 15.4. The van der Waals surface area contributed by atoms with Crippen LogP contribution in [0.15, 0.2) is 42.5 Å². The zero-order chi connectivity index (χ0) is 21.2. The van der Waals surface area contributed by atoms with Crippen molar-refractivity contribution in [2.75, 3.05) is 18.4 Å². The topological polar surface area (TPSA) is 87.3 Å². The van der Waals surface area contributed by atoms with Gasteiger partial charge >= 0.3 is 0 Å². The van der Waals surface area contributed by atoms with Crippen molar-refractivity contribution in [2.45, 2.75) is 12.8 Å². The van der Waals surface area contributed by atoms with Crippen molar-refractivity contribution in [1.82, 2.24) is 10.6 Å². The smallest absolute Gasteiger partial charge is 0.254 e. The average molecular weight is 399 g/mol. The second-order valence-electron chi connectivity index (χ2n) is 5.96. The number of amides is 3. The lowest BCUT2D eigenvalue weighted by Crippen LogP contribution is -2.27. The molecule has 0 saturated carbocycles. The number of para-hydroxylation sites is 1. The van der Waals surface area contributed by atoms with E-state index in [0.29, 0.717) is 11.8 Å². The van der Waals surface area contributed by atoms with Gasteiger partial charge in [-0.15, -0.1) is 6.42 Å². The maximum absolute atomic E-state index is 13.6. The van der Waals surface area contributed by atoms with E-state index in [1.807, 2.05) is 0 Å². The third-order valence-corrected chi connectivity index (χ3v) is 3.84. The number of benzene rings is 2. The standard InChI is InChI=1S/C21H19F2N3O3/c1-2-11-24-21(29)16-6-3-4-7-18(16)26-19(27)8-5-12-25-20(28)15-10-9-14(22)13-17(15)23/h1,3-4,6-7,9-10,13H,5,8,11-12H2,(H,24,29)(H,25,28)(H,26,27). The van der Waals surface area contributed by atoms with Crippen molar-refractivity contribution in [2.24, 2.45) is 0 Å². The number of terminal acetylenes is 1. The zero-order valence-electron chi connectivity index (χ0n) is 15.4. The molecule has 0 unspecified atom stereocenters. The van der Waals surface area contributed by atoms with Crippen LogP contribution in [0, 0.1) is 24.0 Å². The minimum Gasteiger partial charge on any atom is -0.352 e. The molecule has 0 aliphatic carbocycles. The highest BCUT2D eigenvalue weighted by Crippen LogP contribution is 2.15. The van der Waals surface area contributed by atoms with Crippen LogP contribution >= 0.6 is 0 Å². The Kier molecular flexibility index (Phi) is 7.86. The molecular formula is C21H19F2N3O3. The van der Waals surface area contributed by atoms with Crippen LogP contribution in [0.1, 0.15) is 33.6 Å². The molecule has 0 atom stereocenters. The predicted molar refractivity (Wildman–Crippen MR) is 104 cm³/mol. The van der Waals surface area contributed by atoms with Gasteiger partial charge in [-0.3, -0.25) is 14.4 Å². The molecule has 0 aromatic heterocycles. The van der Waals surface area contributed by atoms with E-state index in [1.165, 1.54) is 0 Å². The quantitative estimate of drug-likeness (QED) is 0.471. The Hall–Kier alpha value is -3.73. The Morgan fingerprint density at radius 1 is 0.966 bits per heavy atom. The molecule has 0 fully saturated rings. The van der Waals surface area contributed by atoms with Gasteiger partial charge in [-0.25, -0.2) is 8.78 Å². The molecule has 3 amide bonds. The van der Waals surface area contributed by atoms with Gasteiger partial charge in [0.05, 0.1) is 23.4 Å². The van der Waals surface area contributed by atoms with Crippen LogP contribution in [0.3, 0.4) is 0 Å². The second kappa shape index (κ2) is 10.6. The maximum atomic E-state index is 13.6. The molecule has 29 heavy (non-hydrogen) atoms. The van der Waals surface area contributed by atoms with Gasteiger partial charge < -0.3 is 16.0 Å². The minimum absolute atomic E-state index is 0.0620. The van der Waals surface area contributed by atoms with E-state index in [-0.39, 0.29) is 43.0 Å². The summed E-state index contributed by atoms with van der Waals surface area (Å²) in [7, 11) is 0. The summed E-state index contributed by atoms with van der Waals surface area (Å²) in [6, 6.07) is 9.13. The highest BCUT2D eigenvalue weighted by Gasteiger charge is 2.14. The summed E-state index contributed by atoms with van der Waals surface area (Å²) >= 11 is 0. The molecule has 2 aromatic carbocycles. The molecule has 6 nitrogen and oxygen atoms in total. The molecule has 0 heterocycles. The summed E-state index contributed by atoms with van der Waals surface area (Å²) in [5, 5.41) is 7.63. The van der Waals surface area contributed by atoms with Crippen molar-refractivity contribution in [1.29, 1.82) is 0 Å². The van der Waals surface area contributed by atoms with Gasteiger partial charge in [0.2, 0.25) is 5.91 Å². The molecule has 0 aliphatic heterocycles. The number of hydrogen-bond acceptors (Lipinski definition) is 3. The van der Waals surface area contributed by atoms with Gasteiger partial charge in [-0.2, -0.15) is 0 Å². The SMILES string of the molecule is C#CCNC(=O)c1ccccc1NC(=O)CCCNC(=O)c1ccc(F)cc1F. The van der Waals surface area contributed by atoms with Crippen LogP contribution in [0.2, 0.25) is 0 Å². The molecule has 0 aliphatic rings. The number of rotatable bonds is 8. The summed E-state index contributed by atoms with van der Waals surface area (Å²) in [5.74, 6) is -0.901. The molecule has 0 saturated heterocycles. The minimum atomic E-state index is -0.958. The van der Waals surface area contributed by atoms with Crippen LogP contribution in [0.4, 0.5) is 14.5 Å². The lowest BCUT2D eigenvalue weighted by molar-refractivity contribution is -0.116. The van der Waals surface area contributed by atoms with E-state index >= 15 is 0 Å². The van der Waals surface area contributed by atoms with Gasteiger partial charge in [0.15, 0.2) is 0 Å². The Morgan fingerprint density at radius 2 is 1.69 bits per heavy atom. The lowest BCUT2D eigenvalue weighted by Gasteiger charge is -2.11. The molecule has 2 rings (SSSR count). The Morgan fingerprint density at radius 3 is 2.41 bits per heavy atom. The lowest BCUT2D eigenvalue weighted by atomic mass is 10.1. The summed E-state index contributed by atoms with van der Waals surface area (Å²) < 4.78 is 26.4. The number of carbonyl (C=O) groups excluding carboxylic acids is 3. The average Bonchev–Trinajstić information content (AvgIpc) is 2.69. The van der Waals surface area contributed by atoms with Crippen molar-refractivity contribution in [3.63, 3.8) is 0 Å². The molecule has 2 aromatic rings. The third-order valence-electron chi connectivity index (χ3n) is 3.84. The maximum Gasteiger partial charge on any atom is 0.254 e. The molecule has 0 spiro atoms. The number of hydrogen-bond donors (Lipinski definition) is 3. The molecule has 3 N–H and O–H groups in total. The summed E-state index contributed by atoms with van der Waals surface area (Å²) in [6.45, 7) is 0.183. The summed E-state index contributed by atoms with van der Waals surface area (Å²) in [5.41, 5.74) is 0.336. The number of halogens is 2. The van der Waals surface area contributed by atoms with Crippen LogP contribution < -0.4 is 16.0 Å². The Balaban J connectivity index is 1.83. The van der Waals surface area contributed by atoms with Gasteiger partial charge in [0.1, 0.15) is 11.6 Å². The fourth-order valence-electron chi connectivity index (χ4n) is 2.45. The van der Waals surface area contributed by atoms with Gasteiger partial charge in [-0.05, 0) is 30.7 Å². The molecule has 0 bridgehead atoms. The van der Waals surface area contributed by atoms with Crippen molar-refractivity contribution >= 4 is 23.4 Å². The fraction of sp³-hybridized carbons (Fsp3) is 0.190. The highest BCUT2D eigenvalue weighted by atomic mass is 19.1. The first-order valence-electron chi connectivity index (χ1n) is 8.76. The number of nitrogens with one attached hydrogen (secondary N) is 3. The van der Waals surface area contributed by atoms with E-state index in [4.69, 9.17) is 6.42 Å². The summed E-state index contributed by atoms with van der Waals surface area (Å²) in [6.07, 6.45) is 5.46. The van der Waals surface area contributed by atoms with Gasteiger partial charge in [0, 0.05) is 19.0 Å². The van der Waals surface area contributed by atoms with E-state index in [0.717, 1.165) is 12.1 Å². The van der Waals surface area contributed by atoms with Crippen molar-refractivity contribution in [3.05, 3.63) is 65.2 Å². The van der Waals surface area contributed by atoms with Crippen molar-refractivity contribution in [3.8, 4) is 12.3 Å². The van der Waals surface area contributed by atoms with Gasteiger partial charge in [-0.1, -0.05) is 18.1 Å². The fourth-order valence-corrected chi connectivity index (χ4v) is 2.45. The normalized spacial score (nSPS) is 9.97. The van der Waals surface area contributed by atoms with E-state index in [9.17, 15) is 23.2 Å². The summed E-state index contributed by atoms with van der Waals surface area (Å²) in [4.78, 5) is 36.1. The Labute approximate surface area is 166 Å². The first kappa shape index (κ1) is 21.6. The molecular weight excluding hydrogens is 380 g/mol. The van der Waals surface area contributed by atoms with Crippen molar-refractivity contribution < 1.29 is 23.2 Å². The highest BCUT2D eigenvalue weighted by molar-refractivity contribution is 6.03. The molecule has 8 heteroatoms. The number of carbonyl (C=O) groups is 3. The first-order chi connectivity index (χ1) is 13.9. The van der Waals surface area contributed by atoms with Crippen LogP contribution in [0.25, 0.3) is 0 Å². The first-order valence-corrected chi connectivity index (χ1v) is 8.76. The molecule has 0 radical (unpaired) electrons. The van der Waals surface area contributed by atoms with E-state index in [1.54, 1.807) is 24.3 Å². The largest absolute Gasteiger partial charge is 0.352 e. The van der Waals surface area contributed by atoms with Crippen LogP contribution in [0.5, 0.6) is 0 Å². The van der Waals surface area contributed by atoms with E-state index in [2.05, 4.69) is 21.9 Å². The van der Waals surface area contributed by atoms with Crippen LogP contribution in [-0.4, -0.2) is 30.8 Å². The Bertz CT molecular complexity index is 954.